The average molecular weight is 289 g/mol. The van der Waals surface area contributed by atoms with E-state index in [1.807, 2.05) is 13.8 Å². The molecule has 0 bridgehead atoms. The molecule has 1 unspecified atom stereocenters. The van der Waals surface area contributed by atoms with Crippen molar-refractivity contribution in [3.8, 4) is 5.75 Å². The number of hydrogen-bond acceptors (Lipinski definition) is 2. The molecule has 0 saturated carbocycles. The standard InChI is InChI=1S/C15H22F3NO/c1-4-12(5-2)20-14-7-6-11(8-10(3)19)9-13(14)15(16,17)18/h6-7,9-10,12H,4-5,8,19H2,1-3H3. The number of benzene rings is 1. The third kappa shape index (κ3) is 4.71. The molecular formula is C15H22F3NO. The summed E-state index contributed by atoms with van der Waals surface area (Å²) >= 11 is 0. The summed E-state index contributed by atoms with van der Waals surface area (Å²) in [4.78, 5) is 0. The molecule has 2 nitrogen and oxygen atoms in total. The maximum atomic E-state index is 13.1. The molecule has 0 amide bonds. The summed E-state index contributed by atoms with van der Waals surface area (Å²) in [6.07, 6.45) is -2.86. The van der Waals surface area contributed by atoms with Gasteiger partial charge in [0.1, 0.15) is 5.75 Å². The minimum atomic E-state index is -4.42. The van der Waals surface area contributed by atoms with E-state index >= 15 is 0 Å². The summed E-state index contributed by atoms with van der Waals surface area (Å²) in [6, 6.07) is 4.01. The SMILES string of the molecule is CCC(CC)Oc1ccc(CC(C)N)cc1C(F)(F)F. The Morgan fingerprint density at radius 3 is 2.25 bits per heavy atom. The molecule has 0 heterocycles. The van der Waals surface area contributed by atoms with Crippen molar-refractivity contribution in [3.63, 3.8) is 0 Å². The van der Waals surface area contributed by atoms with Crippen LogP contribution in [0.25, 0.3) is 0 Å². The van der Waals surface area contributed by atoms with Crippen LogP contribution in [0.1, 0.15) is 44.7 Å². The average Bonchev–Trinajstić information content (AvgIpc) is 2.35. The minimum Gasteiger partial charge on any atom is -0.490 e. The second-order valence-corrected chi connectivity index (χ2v) is 5.07. The normalized spacial score (nSPS) is 13.6. The first-order valence-electron chi connectivity index (χ1n) is 6.90. The monoisotopic (exact) mass is 289 g/mol. The van der Waals surface area contributed by atoms with E-state index in [2.05, 4.69) is 0 Å². The van der Waals surface area contributed by atoms with Gasteiger partial charge < -0.3 is 10.5 Å². The predicted molar refractivity (Wildman–Crippen MR) is 73.8 cm³/mol. The molecule has 0 aliphatic rings. The van der Waals surface area contributed by atoms with Crippen LogP contribution in [0.15, 0.2) is 18.2 Å². The van der Waals surface area contributed by atoms with Crippen molar-refractivity contribution in [1.82, 2.24) is 0 Å². The highest BCUT2D eigenvalue weighted by Gasteiger charge is 2.35. The second kappa shape index (κ2) is 6.97. The molecule has 2 N–H and O–H groups in total. The van der Waals surface area contributed by atoms with Crippen LogP contribution in [0.2, 0.25) is 0 Å². The molecule has 114 valence electrons. The topological polar surface area (TPSA) is 35.2 Å². The lowest BCUT2D eigenvalue weighted by Gasteiger charge is -2.20. The molecule has 0 fully saturated rings. The van der Waals surface area contributed by atoms with E-state index < -0.39 is 11.7 Å². The molecule has 0 aliphatic heterocycles. The molecule has 1 atom stereocenters. The number of halogens is 3. The summed E-state index contributed by atoms with van der Waals surface area (Å²) in [6.45, 7) is 5.56. The van der Waals surface area contributed by atoms with Crippen LogP contribution in [0.4, 0.5) is 13.2 Å². The fourth-order valence-corrected chi connectivity index (χ4v) is 2.04. The smallest absolute Gasteiger partial charge is 0.419 e. The number of alkyl halides is 3. The Morgan fingerprint density at radius 1 is 1.20 bits per heavy atom. The molecule has 1 aromatic carbocycles. The van der Waals surface area contributed by atoms with E-state index in [1.165, 1.54) is 6.07 Å². The third-order valence-electron chi connectivity index (χ3n) is 3.11. The molecule has 5 heteroatoms. The van der Waals surface area contributed by atoms with E-state index in [0.29, 0.717) is 24.8 Å². The maximum absolute atomic E-state index is 13.1. The Labute approximate surface area is 118 Å². The second-order valence-electron chi connectivity index (χ2n) is 5.07. The zero-order valence-corrected chi connectivity index (χ0v) is 12.1. The lowest BCUT2D eigenvalue weighted by Crippen LogP contribution is -2.20. The number of ether oxygens (including phenoxy) is 1. The maximum Gasteiger partial charge on any atom is 0.419 e. The molecule has 0 aromatic heterocycles. The van der Waals surface area contributed by atoms with Crippen molar-refractivity contribution in [2.24, 2.45) is 5.73 Å². The minimum absolute atomic E-state index is 0.0976. The van der Waals surface area contributed by atoms with Crippen LogP contribution in [0.5, 0.6) is 5.75 Å². The highest BCUT2D eigenvalue weighted by molar-refractivity contribution is 5.39. The molecule has 20 heavy (non-hydrogen) atoms. The van der Waals surface area contributed by atoms with Crippen LogP contribution in [-0.4, -0.2) is 12.1 Å². The molecule has 0 spiro atoms. The van der Waals surface area contributed by atoms with Gasteiger partial charge in [-0.1, -0.05) is 19.9 Å². The Hall–Kier alpha value is -1.23. The van der Waals surface area contributed by atoms with Crippen LogP contribution in [0, 0.1) is 0 Å². The highest BCUT2D eigenvalue weighted by atomic mass is 19.4. The lowest BCUT2D eigenvalue weighted by atomic mass is 10.0. The quantitative estimate of drug-likeness (QED) is 0.853. The largest absolute Gasteiger partial charge is 0.490 e. The number of nitrogens with two attached hydrogens (primary N) is 1. The van der Waals surface area contributed by atoms with Crippen molar-refractivity contribution in [1.29, 1.82) is 0 Å². The van der Waals surface area contributed by atoms with Gasteiger partial charge in [0.05, 0.1) is 11.7 Å². The first kappa shape index (κ1) is 16.8. The van der Waals surface area contributed by atoms with Gasteiger partial charge in [0.15, 0.2) is 0 Å². The van der Waals surface area contributed by atoms with Crippen molar-refractivity contribution >= 4 is 0 Å². The predicted octanol–water partition coefficient (Wildman–Crippen LogP) is 4.16. The zero-order valence-electron chi connectivity index (χ0n) is 12.1. The molecule has 1 rings (SSSR count). The molecule has 0 saturated heterocycles. The van der Waals surface area contributed by atoms with Gasteiger partial charge in [-0.15, -0.1) is 0 Å². The Morgan fingerprint density at radius 2 is 1.80 bits per heavy atom. The van der Waals surface area contributed by atoms with Gasteiger partial charge in [0.25, 0.3) is 0 Å². The first-order chi connectivity index (χ1) is 9.27. The zero-order chi connectivity index (χ0) is 15.3. The molecule has 0 aliphatic carbocycles. The Kier molecular flexibility index (Phi) is 5.87. The lowest BCUT2D eigenvalue weighted by molar-refractivity contribution is -0.139. The van der Waals surface area contributed by atoms with Crippen LogP contribution in [0.3, 0.4) is 0 Å². The summed E-state index contributed by atoms with van der Waals surface area (Å²) in [7, 11) is 0. The molecular weight excluding hydrogens is 267 g/mol. The van der Waals surface area contributed by atoms with Gasteiger partial charge in [-0.25, -0.2) is 0 Å². The Balaban J connectivity index is 3.10. The van der Waals surface area contributed by atoms with Crippen LogP contribution >= 0.6 is 0 Å². The van der Waals surface area contributed by atoms with E-state index in [0.717, 1.165) is 6.07 Å². The van der Waals surface area contributed by atoms with Gasteiger partial charge in [-0.05, 0) is 43.9 Å². The highest BCUT2D eigenvalue weighted by Crippen LogP contribution is 2.37. The van der Waals surface area contributed by atoms with Crippen molar-refractivity contribution < 1.29 is 17.9 Å². The first-order valence-corrected chi connectivity index (χ1v) is 6.90. The molecule has 0 radical (unpaired) electrons. The van der Waals surface area contributed by atoms with Crippen molar-refractivity contribution in [2.75, 3.05) is 0 Å². The van der Waals surface area contributed by atoms with Gasteiger partial charge in [-0.3, -0.25) is 0 Å². The van der Waals surface area contributed by atoms with Crippen LogP contribution < -0.4 is 10.5 Å². The van der Waals surface area contributed by atoms with Crippen molar-refractivity contribution in [2.45, 2.75) is 58.4 Å². The summed E-state index contributed by atoms with van der Waals surface area (Å²) in [5, 5.41) is 0. The fraction of sp³-hybridized carbons (Fsp3) is 0.600. The molecule has 1 aromatic rings. The number of hydrogen-bond donors (Lipinski definition) is 1. The van der Waals surface area contributed by atoms with Gasteiger partial charge >= 0.3 is 6.18 Å². The fourth-order valence-electron chi connectivity index (χ4n) is 2.04. The van der Waals surface area contributed by atoms with E-state index in [4.69, 9.17) is 10.5 Å². The Bertz CT molecular complexity index is 426. The number of rotatable bonds is 6. The van der Waals surface area contributed by atoms with E-state index in [1.54, 1.807) is 13.0 Å². The van der Waals surface area contributed by atoms with Crippen molar-refractivity contribution in [3.05, 3.63) is 29.3 Å². The summed E-state index contributed by atoms with van der Waals surface area (Å²) in [5.41, 5.74) is 5.49. The van der Waals surface area contributed by atoms with Gasteiger partial charge in [0.2, 0.25) is 0 Å². The van der Waals surface area contributed by atoms with Gasteiger partial charge in [-0.2, -0.15) is 13.2 Å². The summed E-state index contributed by atoms with van der Waals surface area (Å²) in [5.74, 6) is -0.0976. The van der Waals surface area contributed by atoms with Crippen LogP contribution in [-0.2, 0) is 12.6 Å². The van der Waals surface area contributed by atoms with Gasteiger partial charge in [0, 0.05) is 6.04 Å². The van der Waals surface area contributed by atoms with E-state index in [-0.39, 0.29) is 17.9 Å². The van der Waals surface area contributed by atoms with E-state index in [9.17, 15) is 13.2 Å². The third-order valence-corrected chi connectivity index (χ3v) is 3.11. The summed E-state index contributed by atoms with van der Waals surface area (Å²) < 4.78 is 44.8.